The van der Waals surface area contributed by atoms with Crippen molar-refractivity contribution in [1.29, 1.82) is 0 Å². The summed E-state index contributed by atoms with van der Waals surface area (Å²) in [5.74, 6) is 1.92. The van der Waals surface area contributed by atoms with Crippen molar-refractivity contribution in [2.45, 2.75) is 26.8 Å². The van der Waals surface area contributed by atoms with Gasteiger partial charge in [-0.25, -0.2) is 4.68 Å². The second-order valence-electron chi connectivity index (χ2n) is 7.45. The summed E-state index contributed by atoms with van der Waals surface area (Å²) in [7, 11) is 1.62. The van der Waals surface area contributed by atoms with Crippen LogP contribution in [0.4, 0.5) is 5.82 Å². The van der Waals surface area contributed by atoms with E-state index in [1.165, 1.54) is 0 Å². The Kier molecular flexibility index (Phi) is 6.18. The number of aryl methyl sites for hydroxylation is 2. The highest BCUT2D eigenvalue weighted by Gasteiger charge is 2.14. The van der Waals surface area contributed by atoms with E-state index in [0.717, 1.165) is 28.3 Å². The Bertz CT molecular complexity index is 1290. The van der Waals surface area contributed by atoms with Crippen LogP contribution in [0.15, 0.2) is 54.6 Å². The fraction of sp³-hybridized carbons (Fsp3) is 0.217. The number of amides is 1. The van der Waals surface area contributed by atoms with E-state index in [9.17, 15) is 4.79 Å². The molecule has 4 aromatic rings. The van der Waals surface area contributed by atoms with Crippen molar-refractivity contribution in [2.24, 2.45) is 0 Å². The summed E-state index contributed by atoms with van der Waals surface area (Å²) in [5, 5.41) is 14.6. The van der Waals surface area contributed by atoms with Gasteiger partial charge in [-0.2, -0.15) is 10.2 Å². The van der Waals surface area contributed by atoms with E-state index in [1.807, 2.05) is 73.0 Å². The molecule has 8 nitrogen and oxygen atoms in total. The van der Waals surface area contributed by atoms with Crippen LogP contribution in [-0.4, -0.2) is 37.6 Å². The van der Waals surface area contributed by atoms with Crippen LogP contribution in [0, 0.1) is 18.6 Å². The van der Waals surface area contributed by atoms with Crippen molar-refractivity contribution in [3.05, 3.63) is 70.6 Å². The number of benzene rings is 2. The highest BCUT2D eigenvalue weighted by molar-refractivity contribution is 7.71. The van der Waals surface area contributed by atoms with Crippen molar-refractivity contribution >= 4 is 23.9 Å². The summed E-state index contributed by atoms with van der Waals surface area (Å²) in [6, 6.07) is 17.4. The quantitative estimate of drug-likeness (QED) is 0.408. The number of methoxy groups -OCH3 is 1. The van der Waals surface area contributed by atoms with Crippen molar-refractivity contribution in [1.82, 2.24) is 24.5 Å². The number of aromatic amines is 1. The zero-order chi connectivity index (χ0) is 22.7. The number of aromatic nitrogens is 5. The molecule has 2 heterocycles. The number of nitrogens with one attached hydrogen (secondary N) is 2. The first-order valence-corrected chi connectivity index (χ1v) is 10.6. The van der Waals surface area contributed by atoms with Crippen LogP contribution in [0.25, 0.3) is 17.1 Å². The van der Waals surface area contributed by atoms with Gasteiger partial charge in [0.05, 0.1) is 18.5 Å². The normalized spacial score (nSPS) is 10.8. The van der Waals surface area contributed by atoms with E-state index < -0.39 is 0 Å². The maximum Gasteiger partial charge on any atom is 0.227 e. The lowest BCUT2D eigenvalue weighted by Crippen LogP contribution is -2.17. The third kappa shape index (κ3) is 4.62. The first-order valence-electron chi connectivity index (χ1n) is 10.2. The fourth-order valence-electron chi connectivity index (χ4n) is 3.38. The minimum atomic E-state index is -0.137. The number of H-pyrrole nitrogens is 1. The average molecular weight is 449 g/mol. The fourth-order valence-corrected chi connectivity index (χ4v) is 3.60. The number of nitrogens with zero attached hydrogens (tertiary/aromatic N) is 4. The maximum absolute atomic E-state index is 12.8. The molecule has 2 aromatic heterocycles. The SMILES string of the molecule is COc1ccc(-c2n[nH]c(=S)n2CCC(=O)Nc2cc(C)nn2-c2ccc(C)cc2)cc1. The first kappa shape index (κ1) is 21.5. The van der Waals surface area contributed by atoms with Crippen LogP contribution in [0.1, 0.15) is 17.7 Å². The van der Waals surface area contributed by atoms with E-state index >= 15 is 0 Å². The third-order valence-corrected chi connectivity index (χ3v) is 5.36. The minimum absolute atomic E-state index is 0.137. The molecule has 1 amide bonds. The predicted molar refractivity (Wildman–Crippen MR) is 126 cm³/mol. The zero-order valence-corrected chi connectivity index (χ0v) is 18.9. The lowest BCUT2D eigenvalue weighted by molar-refractivity contribution is -0.116. The second-order valence-corrected chi connectivity index (χ2v) is 7.84. The minimum Gasteiger partial charge on any atom is -0.497 e. The summed E-state index contributed by atoms with van der Waals surface area (Å²) < 4.78 is 9.23. The molecule has 0 aliphatic rings. The summed E-state index contributed by atoms with van der Waals surface area (Å²) >= 11 is 5.38. The van der Waals surface area contributed by atoms with Crippen LogP contribution in [0.2, 0.25) is 0 Å². The summed E-state index contributed by atoms with van der Waals surface area (Å²) in [5.41, 5.74) is 3.75. The Balaban J connectivity index is 1.48. The molecule has 0 aliphatic heterocycles. The van der Waals surface area contributed by atoms with E-state index in [4.69, 9.17) is 17.0 Å². The Labute approximate surface area is 190 Å². The van der Waals surface area contributed by atoms with Crippen LogP contribution in [-0.2, 0) is 11.3 Å². The molecule has 0 atom stereocenters. The van der Waals surface area contributed by atoms with E-state index in [0.29, 0.717) is 23.0 Å². The topological polar surface area (TPSA) is 89.8 Å². The van der Waals surface area contributed by atoms with E-state index in [-0.39, 0.29) is 12.3 Å². The number of carbonyl (C=O) groups excluding carboxylic acids is 1. The molecule has 32 heavy (non-hydrogen) atoms. The van der Waals surface area contributed by atoms with Crippen LogP contribution in [0.3, 0.4) is 0 Å². The lowest BCUT2D eigenvalue weighted by atomic mass is 10.2. The van der Waals surface area contributed by atoms with Gasteiger partial charge in [-0.15, -0.1) is 0 Å². The Morgan fingerprint density at radius 2 is 1.84 bits per heavy atom. The van der Waals surface area contributed by atoms with Gasteiger partial charge in [0.25, 0.3) is 0 Å². The predicted octanol–water partition coefficient (Wildman–Crippen LogP) is 4.45. The Morgan fingerprint density at radius 3 is 2.53 bits per heavy atom. The summed E-state index contributed by atoms with van der Waals surface area (Å²) in [6.07, 6.45) is 0.231. The molecule has 9 heteroatoms. The van der Waals surface area contributed by atoms with Crippen molar-refractivity contribution in [3.63, 3.8) is 0 Å². The lowest BCUT2D eigenvalue weighted by Gasteiger charge is -2.10. The molecular weight excluding hydrogens is 424 g/mol. The van der Waals surface area contributed by atoms with Gasteiger partial charge in [0.2, 0.25) is 5.91 Å². The Hall–Kier alpha value is -3.72. The second kappa shape index (κ2) is 9.19. The number of rotatable bonds is 7. The largest absolute Gasteiger partial charge is 0.497 e. The van der Waals surface area contributed by atoms with Gasteiger partial charge in [0, 0.05) is 24.6 Å². The Morgan fingerprint density at radius 1 is 1.12 bits per heavy atom. The molecule has 4 rings (SSSR count). The molecule has 0 fully saturated rings. The van der Waals surface area contributed by atoms with Crippen LogP contribution < -0.4 is 10.1 Å². The molecule has 0 aliphatic carbocycles. The van der Waals surface area contributed by atoms with Gasteiger partial charge in [0.15, 0.2) is 10.6 Å². The molecule has 0 radical (unpaired) electrons. The van der Waals surface area contributed by atoms with Crippen molar-refractivity contribution < 1.29 is 9.53 Å². The molecular formula is C23H24N6O2S. The first-order chi connectivity index (χ1) is 15.4. The van der Waals surface area contributed by atoms with Gasteiger partial charge in [0.1, 0.15) is 11.6 Å². The van der Waals surface area contributed by atoms with Gasteiger partial charge in [-0.1, -0.05) is 17.7 Å². The number of carbonyl (C=O) groups is 1. The molecule has 164 valence electrons. The number of anilines is 1. The number of hydrogen-bond donors (Lipinski definition) is 2. The monoisotopic (exact) mass is 448 g/mol. The van der Waals surface area contributed by atoms with Crippen LogP contribution in [0.5, 0.6) is 5.75 Å². The van der Waals surface area contributed by atoms with Gasteiger partial charge < -0.3 is 10.1 Å². The van der Waals surface area contributed by atoms with E-state index in [1.54, 1.807) is 11.8 Å². The van der Waals surface area contributed by atoms with Gasteiger partial charge in [-0.3, -0.25) is 14.5 Å². The summed E-state index contributed by atoms with van der Waals surface area (Å²) in [4.78, 5) is 12.8. The molecule has 2 aromatic carbocycles. The number of ether oxygens (including phenoxy) is 1. The summed E-state index contributed by atoms with van der Waals surface area (Å²) in [6.45, 7) is 4.31. The standard InChI is InChI=1S/C23H24N6O2S/c1-15-4-8-18(9-5-15)29-20(14-16(2)27-29)24-21(30)12-13-28-22(25-26-23(28)32)17-6-10-19(31-3)11-7-17/h4-11,14H,12-13H2,1-3H3,(H,24,30)(H,26,32). The average Bonchev–Trinajstić information content (AvgIpc) is 3.34. The molecule has 0 unspecified atom stereocenters. The van der Waals surface area contributed by atoms with Gasteiger partial charge in [-0.05, 0) is 62.5 Å². The van der Waals surface area contributed by atoms with Crippen LogP contribution >= 0.6 is 12.2 Å². The maximum atomic E-state index is 12.8. The molecule has 0 bridgehead atoms. The number of hydrogen-bond acceptors (Lipinski definition) is 5. The third-order valence-electron chi connectivity index (χ3n) is 5.05. The molecule has 0 saturated heterocycles. The smallest absolute Gasteiger partial charge is 0.227 e. The van der Waals surface area contributed by atoms with Crippen molar-refractivity contribution in [2.75, 3.05) is 12.4 Å². The molecule has 0 saturated carbocycles. The highest BCUT2D eigenvalue weighted by Crippen LogP contribution is 2.22. The molecule has 0 spiro atoms. The van der Waals surface area contributed by atoms with E-state index in [2.05, 4.69) is 20.6 Å². The molecule has 2 N–H and O–H groups in total. The van der Waals surface area contributed by atoms with Crippen molar-refractivity contribution in [3.8, 4) is 22.8 Å². The zero-order valence-electron chi connectivity index (χ0n) is 18.1. The van der Waals surface area contributed by atoms with Gasteiger partial charge >= 0.3 is 0 Å². The highest BCUT2D eigenvalue weighted by atomic mass is 32.1.